The largest absolute Gasteiger partial charge is 0.482 e. The lowest BCUT2D eigenvalue weighted by molar-refractivity contribution is 0.0777. The molecule has 1 saturated carbocycles. The topological polar surface area (TPSA) is 9.23 Å². The molecule has 1 nitrogen and oxygen atoms in total. The van der Waals surface area contributed by atoms with E-state index in [1.807, 2.05) is 0 Å². The van der Waals surface area contributed by atoms with E-state index in [0.29, 0.717) is 5.56 Å². The van der Waals surface area contributed by atoms with E-state index in [4.69, 9.17) is 0 Å². The molecule has 0 amide bonds. The highest BCUT2D eigenvalue weighted by molar-refractivity contribution is 6.58. The van der Waals surface area contributed by atoms with Gasteiger partial charge in [-0.1, -0.05) is 57.2 Å². The molecule has 0 bridgehead atoms. The van der Waals surface area contributed by atoms with E-state index in [-0.39, 0.29) is 5.92 Å². The zero-order valence-corrected chi connectivity index (χ0v) is 19.3. The normalized spacial score (nSPS) is 27.4. The number of unbranched alkanes of at least 4 members (excludes halogenated alkanes) is 2. The number of hydrogen-bond acceptors (Lipinski definition) is 1. The van der Waals surface area contributed by atoms with Crippen LogP contribution in [-0.4, -0.2) is 21.8 Å². The molecule has 1 aromatic rings. The summed E-state index contributed by atoms with van der Waals surface area (Å²) in [6, 6.07) is 7.10. The summed E-state index contributed by atoms with van der Waals surface area (Å²) in [5, 5.41) is 0. The van der Waals surface area contributed by atoms with Gasteiger partial charge < -0.3 is 4.74 Å². The summed E-state index contributed by atoms with van der Waals surface area (Å²) in [6.45, 7) is 1.27. The molecule has 0 spiro atoms. The number of hydrogen-bond donors (Lipinski definition) is 0. The molecule has 3 rings (SSSR count). The maximum atomic E-state index is 14.2. The van der Waals surface area contributed by atoms with Crippen LogP contribution >= 0.6 is 0 Å². The van der Waals surface area contributed by atoms with E-state index in [1.54, 1.807) is 0 Å². The first-order chi connectivity index (χ1) is 14.5. The van der Waals surface area contributed by atoms with Crippen molar-refractivity contribution in [3.05, 3.63) is 29.3 Å². The zero-order chi connectivity index (χ0) is 21.5. The average molecular weight is 445 g/mol. The Bertz CT molecular complexity index is 630. The van der Waals surface area contributed by atoms with E-state index in [0.717, 1.165) is 37.5 Å². The Morgan fingerprint density at radius 3 is 2.10 bits per heavy atom. The second kappa shape index (κ2) is 11.5. The zero-order valence-electron chi connectivity index (χ0n) is 18.2. The fourth-order valence-electron chi connectivity index (χ4n) is 5.65. The summed E-state index contributed by atoms with van der Waals surface area (Å²) < 4.78 is 57.6. The van der Waals surface area contributed by atoms with Crippen molar-refractivity contribution in [2.24, 2.45) is 11.8 Å². The molecule has 1 aliphatic carbocycles. The number of halogens is 4. The Hall–Kier alpha value is -1.04. The van der Waals surface area contributed by atoms with E-state index in [2.05, 4.69) is 11.7 Å². The van der Waals surface area contributed by atoms with Crippen molar-refractivity contribution in [2.75, 3.05) is 6.61 Å². The van der Waals surface area contributed by atoms with Gasteiger partial charge in [0.15, 0.2) is 17.4 Å². The van der Waals surface area contributed by atoms with Crippen LogP contribution in [0.5, 0.6) is 5.75 Å². The maximum absolute atomic E-state index is 14.2. The van der Waals surface area contributed by atoms with Gasteiger partial charge in [0, 0.05) is 8.80 Å². The van der Waals surface area contributed by atoms with Gasteiger partial charge in [0.25, 0.3) is 6.43 Å². The predicted octanol–water partition coefficient (Wildman–Crippen LogP) is 7.71. The number of alkyl halides is 2. The first-order valence-corrected chi connectivity index (χ1v) is 14.3. The molecule has 0 aromatic heterocycles. The lowest BCUT2D eigenvalue weighted by Gasteiger charge is -2.37. The van der Waals surface area contributed by atoms with Gasteiger partial charge in [0.2, 0.25) is 0 Å². The minimum atomic E-state index is -2.76. The smallest absolute Gasteiger partial charge is 0.272 e. The molecule has 2 fully saturated rings. The summed E-state index contributed by atoms with van der Waals surface area (Å²) in [5.74, 6) is -0.685. The third kappa shape index (κ3) is 6.48. The molecule has 1 aliphatic heterocycles. The lowest BCUT2D eigenvalue weighted by atomic mass is 9.72. The van der Waals surface area contributed by atoms with Gasteiger partial charge in [0.05, 0.1) is 0 Å². The third-order valence-electron chi connectivity index (χ3n) is 7.39. The highest BCUT2D eigenvalue weighted by Crippen LogP contribution is 2.44. The summed E-state index contributed by atoms with van der Waals surface area (Å²) in [5.41, 5.74) is 0.639. The fourth-order valence-corrected chi connectivity index (χ4v) is 9.19. The van der Waals surface area contributed by atoms with Crippen LogP contribution in [0.25, 0.3) is 0 Å². The van der Waals surface area contributed by atoms with Crippen LogP contribution in [0.4, 0.5) is 17.6 Å². The van der Waals surface area contributed by atoms with Crippen molar-refractivity contribution in [1.29, 1.82) is 0 Å². The van der Waals surface area contributed by atoms with Gasteiger partial charge in [-0.3, -0.25) is 0 Å². The van der Waals surface area contributed by atoms with E-state index >= 15 is 0 Å². The molecule has 0 N–H and O–H groups in total. The second-order valence-corrected chi connectivity index (χ2v) is 12.9. The van der Waals surface area contributed by atoms with Crippen LogP contribution in [0.15, 0.2) is 12.1 Å². The molecule has 0 radical (unpaired) electrons. The first-order valence-electron chi connectivity index (χ1n) is 11.9. The minimum Gasteiger partial charge on any atom is -0.482 e. The SMILES string of the molecule is CCCCC[SiH]1CCC(C2CCC(c3cc(F)c(OCC(F)F)c(F)c3)CC2)CC1. The summed E-state index contributed by atoms with van der Waals surface area (Å²) in [6.07, 6.45) is 8.34. The van der Waals surface area contributed by atoms with Crippen LogP contribution < -0.4 is 4.74 Å². The van der Waals surface area contributed by atoms with Crippen molar-refractivity contribution in [3.63, 3.8) is 0 Å². The van der Waals surface area contributed by atoms with E-state index in [1.165, 1.54) is 62.4 Å². The van der Waals surface area contributed by atoms with Crippen LogP contribution in [0.1, 0.15) is 76.2 Å². The number of ether oxygens (including phenoxy) is 1. The average Bonchev–Trinajstić information content (AvgIpc) is 2.74. The highest BCUT2D eigenvalue weighted by atomic mass is 28.3. The van der Waals surface area contributed by atoms with Gasteiger partial charge in [0.1, 0.15) is 6.61 Å². The molecule has 30 heavy (non-hydrogen) atoms. The van der Waals surface area contributed by atoms with Gasteiger partial charge in [-0.15, -0.1) is 0 Å². The Morgan fingerprint density at radius 2 is 1.53 bits per heavy atom. The van der Waals surface area contributed by atoms with Crippen molar-refractivity contribution < 1.29 is 22.3 Å². The molecule has 1 aromatic carbocycles. The first kappa shape index (κ1) is 23.6. The van der Waals surface area contributed by atoms with Gasteiger partial charge in [-0.05, 0) is 61.1 Å². The molecule has 0 atom stereocenters. The van der Waals surface area contributed by atoms with Crippen LogP contribution in [0.3, 0.4) is 0 Å². The maximum Gasteiger partial charge on any atom is 0.272 e. The predicted molar refractivity (Wildman–Crippen MR) is 116 cm³/mol. The third-order valence-corrected chi connectivity index (χ3v) is 10.9. The van der Waals surface area contributed by atoms with E-state index < -0.39 is 39.2 Å². The number of rotatable bonds is 9. The fraction of sp³-hybridized carbons (Fsp3) is 0.750. The molecule has 170 valence electrons. The van der Waals surface area contributed by atoms with Crippen molar-refractivity contribution in [3.8, 4) is 5.75 Å². The van der Waals surface area contributed by atoms with Crippen molar-refractivity contribution >= 4 is 8.80 Å². The Labute approximate surface area is 180 Å². The van der Waals surface area contributed by atoms with E-state index in [9.17, 15) is 17.6 Å². The Morgan fingerprint density at radius 1 is 0.933 bits per heavy atom. The monoisotopic (exact) mass is 444 g/mol. The second-order valence-electron chi connectivity index (χ2n) is 9.40. The van der Waals surface area contributed by atoms with Gasteiger partial charge in [-0.2, -0.15) is 0 Å². The molecular formula is C24H36F4OSi. The van der Waals surface area contributed by atoms with Crippen molar-refractivity contribution in [1.82, 2.24) is 0 Å². The summed E-state index contributed by atoms with van der Waals surface area (Å²) in [4.78, 5) is 0. The van der Waals surface area contributed by atoms with Gasteiger partial charge >= 0.3 is 0 Å². The van der Waals surface area contributed by atoms with Gasteiger partial charge in [-0.25, -0.2) is 17.6 Å². The molecule has 0 unspecified atom stereocenters. The van der Waals surface area contributed by atoms with Crippen LogP contribution in [0.2, 0.25) is 18.1 Å². The highest BCUT2D eigenvalue weighted by Gasteiger charge is 2.32. The molecule has 2 aliphatic rings. The van der Waals surface area contributed by atoms with Crippen LogP contribution in [-0.2, 0) is 0 Å². The molecular weight excluding hydrogens is 408 g/mol. The summed E-state index contributed by atoms with van der Waals surface area (Å²) >= 11 is 0. The summed E-state index contributed by atoms with van der Waals surface area (Å²) in [7, 11) is -0.483. The molecule has 6 heteroatoms. The quantitative estimate of drug-likeness (QED) is 0.215. The van der Waals surface area contributed by atoms with Crippen molar-refractivity contribution in [2.45, 2.75) is 95.2 Å². The standard InChI is InChI=1S/C24H36F4OSi/c1-2-3-4-11-30-12-9-19(10-13-30)17-5-7-18(8-6-17)20-14-21(25)24(22(26)15-20)29-16-23(27)28/h14-15,17-19,23,30H,2-13,16H2,1H3. The lowest BCUT2D eigenvalue weighted by Crippen LogP contribution is -2.28. The number of benzene rings is 1. The van der Waals surface area contributed by atoms with Crippen LogP contribution in [0, 0.1) is 23.5 Å². The Kier molecular flexibility index (Phi) is 9.08. The molecule has 1 saturated heterocycles. The Balaban J connectivity index is 1.48. The molecule has 1 heterocycles. The minimum absolute atomic E-state index is 0.147.